The number of aryl methyl sites for hydroxylation is 12. The molecule has 10 rings (SSSR count). The number of benzene rings is 5. The van der Waals surface area contributed by atoms with Gasteiger partial charge in [0.15, 0.2) is 0 Å². The van der Waals surface area contributed by atoms with Crippen molar-refractivity contribution in [3.8, 4) is 0 Å². The molecule has 0 fully saturated rings. The summed E-state index contributed by atoms with van der Waals surface area (Å²) in [6.45, 7) is 21.6. The number of nitrogens with zero attached hydrogens (tertiary/aromatic N) is 5. The number of hydrogen-bond donors (Lipinski definition) is 0. The van der Waals surface area contributed by atoms with Crippen LogP contribution >= 0.6 is 0 Å². The first kappa shape index (κ1) is 59.4. The van der Waals surface area contributed by atoms with E-state index in [0.717, 1.165) is 32.1 Å². The first-order valence-corrected chi connectivity index (χ1v) is 26.6. The van der Waals surface area contributed by atoms with Crippen LogP contribution in [0.5, 0.6) is 0 Å². The van der Waals surface area contributed by atoms with E-state index < -0.39 is 0 Å². The summed E-state index contributed by atoms with van der Waals surface area (Å²) >= 11 is 0. The molecule has 5 aromatic heterocycles. The zero-order chi connectivity index (χ0) is 54.2. The van der Waals surface area contributed by atoms with E-state index in [9.17, 15) is 0 Å². The van der Waals surface area contributed by atoms with E-state index in [4.69, 9.17) is 0 Å². The van der Waals surface area contributed by atoms with Crippen LogP contribution in [0.3, 0.4) is 0 Å². The van der Waals surface area contributed by atoms with Gasteiger partial charge in [0.1, 0.15) is 0 Å². The third-order valence-corrected chi connectivity index (χ3v) is 14.2. The number of hydrogen-bond acceptors (Lipinski definition) is 0. The van der Waals surface area contributed by atoms with Gasteiger partial charge in [0, 0.05) is 95.7 Å². The van der Waals surface area contributed by atoms with Gasteiger partial charge in [-0.15, -0.1) is 0 Å². The minimum Gasteiger partial charge on any atom is -0.357 e. The van der Waals surface area contributed by atoms with Crippen LogP contribution in [-0.4, -0.2) is 22.8 Å². The summed E-state index contributed by atoms with van der Waals surface area (Å²) in [4.78, 5) is 0. The van der Waals surface area contributed by atoms with E-state index in [-0.39, 0.29) is 7.43 Å². The van der Waals surface area contributed by atoms with Crippen molar-refractivity contribution in [3.63, 3.8) is 0 Å². The molecule has 5 heteroatoms. The molecular formula is C71H89N5. The minimum absolute atomic E-state index is 0. The fraction of sp³-hybridized carbons (Fsp3) is 0.296. The topological polar surface area (TPSA) is 24.6 Å². The molecule has 0 unspecified atom stereocenters. The van der Waals surface area contributed by atoms with Crippen LogP contribution in [0, 0.1) is 69.2 Å². The Morgan fingerprint density at radius 1 is 0.276 bits per heavy atom. The van der Waals surface area contributed by atoms with Gasteiger partial charge in [-0.25, -0.2) is 0 Å². The SMILES string of the molecule is C.Cc1cc(C)cc(Cc2ccn(C)c2)c1.Cc1cc(C)cc(Cc2ccn(C)c2C)c1.Cc1cccc(Cc2ccn(C)c2)c1.Cc1cccc(Cc2ccn(C)c2C)c1.Cc1ccccc1Cc1ccn(C)c1C. The Hall–Kier alpha value is -7.50. The maximum absolute atomic E-state index is 2.28. The normalized spacial score (nSPS) is 10.5. The molecule has 0 radical (unpaired) electrons. The van der Waals surface area contributed by atoms with Crippen molar-refractivity contribution >= 4 is 0 Å². The van der Waals surface area contributed by atoms with Gasteiger partial charge in [0.25, 0.3) is 0 Å². The van der Waals surface area contributed by atoms with Crippen LogP contribution in [-0.2, 0) is 67.3 Å². The van der Waals surface area contributed by atoms with Gasteiger partial charge in [-0.1, -0.05) is 150 Å². The van der Waals surface area contributed by atoms with Gasteiger partial charge >= 0.3 is 0 Å². The average molecular weight is 1010 g/mol. The van der Waals surface area contributed by atoms with Gasteiger partial charge in [0.2, 0.25) is 0 Å². The number of aromatic nitrogens is 5. The van der Waals surface area contributed by atoms with Crippen molar-refractivity contribution < 1.29 is 0 Å². The lowest BCUT2D eigenvalue weighted by molar-refractivity contribution is 0.872. The summed E-state index contributed by atoms with van der Waals surface area (Å²) in [5.41, 5.74) is 27.5. The highest BCUT2D eigenvalue weighted by molar-refractivity contribution is 5.37. The van der Waals surface area contributed by atoms with E-state index in [0.29, 0.717) is 0 Å². The van der Waals surface area contributed by atoms with Gasteiger partial charge in [-0.05, 0) is 193 Å². The monoisotopic (exact) mass is 1010 g/mol. The van der Waals surface area contributed by atoms with Crippen molar-refractivity contribution in [1.29, 1.82) is 0 Å². The second-order valence-corrected chi connectivity index (χ2v) is 21.3. The smallest absolute Gasteiger partial charge is 0.0176 e. The zero-order valence-corrected chi connectivity index (χ0v) is 48.1. The molecule has 0 amide bonds. The van der Waals surface area contributed by atoms with E-state index >= 15 is 0 Å². The summed E-state index contributed by atoms with van der Waals surface area (Å²) < 4.78 is 10.7. The molecule has 0 aliphatic carbocycles. The standard InChI is InChI=1S/C15H19N.3C14H17N.C13H15N.CH4/c1-11-7-12(2)9-14(8-11)10-15-5-6-16(4)13(15)3;1-11-6-12(2)8-14(7-11)9-13-4-5-15(3)10-13;1-11-5-4-6-13(9-11)10-14-7-8-15(3)12(14)2;1-11-6-4-5-7-13(11)10-14-8-9-15(3)12(14)2;1-11-4-3-5-12(8-11)9-13-6-7-14(2)10-13;/h5-9H,10H2,1-4H3;4-8,10H,9H2,1-3H3;2*4-9H,10H2,1-3H3;3-8,10H,9H2,1-2H3;1H4. The first-order valence-electron chi connectivity index (χ1n) is 26.6. The lowest BCUT2D eigenvalue weighted by atomic mass is 10.0. The molecule has 0 aliphatic rings. The van der Waals surface area contributed by atoms with Crippen molar-refractivity contribution in [1.82, 2.24) is 22.8 Å². The minimum atomic E-state index is 0. The highest BCUT2D eigenvalue weighted by Gasteiger charge is 2.07. The fourth-order valence-corrected chi connectivity index (χ4v) is 9.78. The Labute approximate surface area is 459 Å². The second kappa shape index (κ2) is 28.4. The maximum atomic E-state index is 2.28. The molecule has 0 bridgehead atoms. The summed E-state index contributed by atoms with van der Waals surface area (Å²) in [6.07, 6.45) is 20.1. The molecule has 10 aromatic rings. The van der Waals surface area contributed by atoms with Gasteiger partial charge < -0.3 is 22.8 Å². The molecule has 5 nitrogen and oxygen atoms in total. The highest BCUT2D eigenvalue weighted by atomic mass is 14.9. The lowest BCUT2D eigenvalue weighted by Gasteiger charge is -2.05. The van der Waals surface area contributed by atoms with E-state index in [2.05, 4.69) is 310 Å². The Morgan fingerprint density at radius 3 is 1.00 bits per heavy atom. The number of rotatable bonds is 10. The third-order valence-electron chi connectivity index (χ3n) is 14.2. The second-order valence-electron chi connectivity index (χ2n) is 21.3. The van der Waals surface area contributed by atoms with Crippen LogP contribution in [0.25, 0.3) is 0 Å². The Morgan fingerprint density at radius 2 is 0.632 bits per heavy atom. The van der Waals surface area contributed by atoms with Gasteiger partial charge in [-0.3, -0.25) is 0 Å². The fourth-order valence-electron chi connectivity index (χ4n) is 9.78. The maximum Gasteiger partial charge on any atom is 0.0176 e. The molecule has 0 atom stereocenters. The van der Waals surface area contributed by atoms with Gasteiger partial charge in [0.05, 0.1) is 0 Å². The molecule has 0 saturated carbocycles. The predicted molar refractivity (Wildman–Crippen MR) is 327 cm³/mol. The van der Waals surface area contributed by atoms with Crippen LogP contribution in [0.1, 0.15) is 119 Å². The third kappa shape index (κ3) is 18.4. The van der Waals surface area contributed by atoms with Gasteiger partial charge in [-0.2, -0.15) is 0 Å². The van der Waals surface area contributed by atoms with Crippen molar-refractivity contribution in [2.45, 2.75) is 109 Å². The van der Waals surface area contributed by atoms with E-state index in [1.165, 1.54) is 112 Å². The molecule has 5 heterocycles. The van der Waals surface area contributed by atoms with E-state index in [1.54, 1.807) is 0 Å². The molecule has 0 spiro atoms. The Kier molecular flexibility index (Phi) is 22.2. The predicted octanol–water partition coefficient (Wildman–Crippen LogP) is 16.8. The van der Waals surface area contributed by atoms with Crippen LogP contribution in [0.4, 0.5) is 0 Å². The van der Waals surface area contributed by atoms with Crippen LogP contribution in [0.2, 0.25) is 0 Å². The summed E-state index contributed by atoms with van der Waals surface area (Å²) in [7, 11) is 10.4. The van der Waals surface area contributed by atoms with Crippen molar-refractivity contribution in [3.05, 3.63) is 295 Å². The molecule has 0 aliphatic heterocycles. The molecule has 5 aromatic carbocycles. The largest absolute Gasteiger partial charge is 0.357 e. The quantitative estimate of drug-likeness (QED) is 0.130. The van der Waals surface area contributed by atoms with Crippen LogP contribution in [0.15, 0.2) is 183 Å². The zero-order valence-electron chi connectivity index (χ0n) is 48.1. The molecule has 0 N–H and O–H groups in total. The Bertz CT molecular complexity index is 3330. The van der Waals surface area contributed by atoms with Crippen molar-refractivity contribution in [2.75, 3.05) is 0 Å². The average Bonchev–Trinajstić information content (AvgIpc) is 4.18. The van der Waals surface area contributed by atoms with E-state index in [1.807, 2.05) is 0 Å². The molecule has 398 valence electrons. The highest BCUT2D eigenvalue weighted by Crippen LogP contribution is 2.20. The van der Waals surface area contributed by atoms with Crippen LogP contribution < -0.4 is 0 Å². The lowest BCUT2D eigenvalue weighted by Crippen LogP contribution is -1.95. The Balaban J connectivity index is 0.000000175. The summed E-state index contributed by atoms with van der Waals surface area (Å²) in [5, 5.41) is 0. The molecule has 76 heavy (non-hydrogen) atoms. The van der Waals surface area contributed by atoms with Crippen molar-refractivity contribution in [2.24, 2.45) is 35.2 Å². The summed E-state index contributed by atoms with van der Waals surface area (Å²) in [5.74, 6) is 0. The first-order chi connectivity index (χ1) is 35.8. The molecular weight excluding hydrogens is 923 g/mol. The molecule has 0 saturated heterocycles. The summed E-state index contributed by atoms with van der Waals surface area (Å²) in [6, 6.07) is 50.5.